The molecule has 2 aromatic carbocycles. The first kappa shape index (κ1) is 20.9. The summed E-state index contributed by atoms with van der Waals surface area (Å²) >= 11 is 5.90. The van der Waals surface area contributed by atoms with Crippen LogP contribution in [0.4, 0.5) is 0 Å². The Morgan fingerprint density at radius 1 is 1.17 bits per heavy atom. The van der Waals surface area contributed by atoms with Crippen molar-refractivity contribution >= 4 is 17.5 Å². The SMILES string of the molecule is CCn1nc(C)c(CN(C)C(=O)c2cccc(COc3ccc(Cl)cc3)c2)c1C. The van der Waals surface area contributed by atoms with E-state index in [1.54, 1.807) is 17.0 Å². The van der Waals surface area contributed by atoms with E-state index >= 15 is 0 Å². The van der Waals surface area contributed by atoms with Crippen molar-refractivity contribution in [1.82, 2.24) is 14.7 Å². The van der Waals surface area contributed by atoms with Crippen LogP contribution in [0.2, 0.25) is 5.02 Å². The summed E-state index contributed by atoms with van der Waals surface area (Å²) < 4.78 is 7.76. The Morgan fingerprint density at radius 3 is 2.55 bits per heavy atom. The first-order chi connectivity index (χ1) is 13.9. The summed E-state index contributed by atoms with van der Waals surface area (Å²) in [6, 6.07) is 14.8. The largest absolute Gasteiger partial charge is 0.489 e. The molecule has 1 amide bonds. The third kappa shape index (κ3) is 4.98. The molecule has 29 heavy (non-hydrogen) atoms. The van der Waals surface area contributed by atoms with Crippen LogP contribution in [0.3, 0.4) is 0 Å². The molecule has 3 aromatic rings. The lowest BCUT2D eigenvalue weighted by Gasteiger charge is -2.18. The number of ether oxygens (including phenoxy) is 1. The van der Waals surface area contributed by atoms with Gasteiger partial charge < -0.3 is 9.64 Å². The van der Waals surface area contributed by atoms with Crippen LogP contribution in [0, 0.1) is 13.8 Å². The molecule has 0 N–H and O–H groups in total. The normalized spacial score (nSPS) is 10.8. The number of hydrogen-bond donors (Lipinski definition) is 0. The lowest BCUT2D eigenvalue weighted by atomic mass is 10.1. The molecule has 0 saturated carbocycles. The molecule has 6 heteroatoms. The minimum absolute atomic E-state index is 0.0265. The number of halogens is 1. The van der Waals surface area contributed by atoms with Crippen molar-refractivity contribution in [2.45, 2.75) is 40.5 Å². The number of hydrogen-bond acceptors (Lipinski definition) is 3. The predicted molar refractivity (Wildman–Crippen MR) is 115 cm³/mol. The summed E-state index contributed by atoms with van der Waals surface area (Å²) in [6.45, 7) is 7.83. The maximum absolute atomic E-state index is 13.0. The number of benzene rings is 2. The zero-order chi connectivity index (χ0) is 21.0. The van der Waals surface area contributed by atoms with E-state index in [0.717, 1.165) is 34.8 Å². The molecule has 0 saturated heterocycles. The monoisotopic (exact) mass is 411 g/mol. The van der Waals surface area contributed by atoms with E-state index < -0.39 is 0 Å². The number of nitrogens with zero attached hydrogens (tertiary/aromatic N) is 3. The Balaban J connectivity index is 1.68. The highest BCUT2D eigenvalue weighted by molar-refractivity contribution is 6.30. The van der Waals surface area contributed by atoms with Crippen molar-refractivity contribution in [3.05, 3.63) is 81.6 Å². The molecule has 3 rings (SSSR count). The summed E-state index contributed by atoms with van der Waals surface area (Å²) in [6.07, 6.45) is 0. The Labute approximate surface area is 176 Å². The van der Waals surface area contributed by atoms with Gasteiger partial charge in [0, 0.05) is 42.0 Å². The number of aryl methyl sites for hydroxylation is 2. The maximum atomic E-state index is 13.0. The molecule has 0 atom stereocenters. The van der Waals surface area contributed by atoms with Gasteiger partial charge >= 0.3 is 0 Å². The molecule has 152 valence electrons. The molecular weight excluding hydrogens is 386 g/mol. The fourth-order valence-corrected chi connectivity index (χ4v) is 3.42. The second-order valence-electron chi connectivity index (χ2n) is 7.07. The third-order valence-corrected chi connectivity index (χ3v) is 5.22. The maximum Gasteiger partial charge on any atom is 0.253 e. The molecular formula is C23H26ClN3O2. The summed E-state index contributed by atoms with van der Waals surface area (Å²) in [5.74, 6) is 0.712. The molecule has 0 bridgehead atoms. The van der Waals surface area contributed by atoms with Crippen LogP contribution in [0.1, 0.15) is 39.8 Å². The number of rotatable bonds is 7. The molecule has 1 heterocycles. The standard InChI is InChI=1S/C23H26ClN3O2/c1-5-27-17(3)22(16(2)25-27)14-26(4)23(28)19-8-6-7-18(13-19)15-29-21-11-9-20(24)10-12-21/h6-13H,5,14-15H2,1-4H3. The van der Waals surface area contributed by atoms with Gasteiger partial charge in [0.25, 0.3) is 5.91 Å². The molecule has 0 radical (unpaired) electrons. The molecule has 5 nitrogen and oxygen atoms in total. The molecule has 0 unspecified atom stereocenters. The van der Waals surface area contributed by atoms with Gasteiger partial charge in [0.1, 0.15) is 12.4 Å². The van der Waals surface area contributed by atoms with E-state index in [4.69, 9.17) is 16.3 Å². The highest BCUT2D eigenvalue weighted by atomic mass is 35.5. The van der Waals surface area contributed by atoms with Crippen molar-refractivity contribution in [1.29, 1.82) is 0 Å². The van der Waals surface area contributed by atoms with Gasteiger partial charge in [-0.2, -0.15) is 5.10 Å². The van der Waals surface area contributed by atoms with Gasteiger partial charge in [-0.25, -0.2) is 0 Å². The number of aromatic nitrogens is 2. The Morgan fingerprint density at radius 2 is 1.90 bits per heavy atom. The fraction of sp³-hybridized carbons (Fsp3) is 0.304. The molecule has 0 aliphatic heterocycles. The van der Waals surface area contributed by atoms with Gasteiger partial charge in [0.15, 0.2) is 0 Å². The van der Waals surface area contributed by atoms with Gasteiger partial charge in [-0.3, -0.25) is 9.48 Å². The topological polar surface area (TPSA) is 47.4 Å². The van der Waals surface area contributed by atoms with Crippen LogP contribution in [0.25, 0.3) is 0 Å². The van der Waals surface area contributed by atoms with Gasteiger partial charge in [0.05, 0.1) is 5.69 Å². The molecule has 0 fully saturated rings. The van der Waals surface area contributed by atoms with Crippen LogP contribution in [0.15, 0.2) is 48.5 Å². The van der Waals surface area contributed by atoms with Crippen LogP contribution < -0.4 is 4.74 Å². The lowest BCUT2D eigenvalue weighted by molar-refractivity contribution is 0.0784. The van der Waals surface area contributed by atoms with Gasteiger partial charge in [-0.05, 0) is 62.7 Å². The Hall–Kier alpha value is -2.79. The highest BCUT2D eigenvalue weighted by Gasteiger charge is 2.17. The van der Waals surface area contributed by atoms with Gasteiger partial charge in [0.2, 0.25) is 0 Å². The van der Waals surface area contributed by atoms with Crippen molar-refractivity contribution in [3.8, 4) is 5.75 Å². The van der Waals surface area contributed by atoms with Crippen molar-refractivity contribution < 1.29 is 9.53 Å². The van der Waals surface area contributed by atoms with Crippen LogP contribution in [-0.4, -0.2) is 27.6 Å². The van der Waals surface area contributed by atoms with Crippen molar-refractivity contribution in [2.24, 2.45) is 0 Å². The average molecular weight is 412 g/mol. The highest BCUT2D eigenvalue weighted by Crippen LogP contribution is 2.19. The Kier molecular flexibility index (Phi) is 6.60. The van der Waals surface area contributed by atoms with E-state index in [1.807, 2.05) is 62.0 Å². The van der Waals surface area contributed by atoms with E-state index in [2.05, 4.69) is 12.0 Å². The quantitative estimate of drug-likeness (QED) is 0.548. The zero-order valence-electron chi connectivity index (χ0n) is 17.3. The van der Waals surface area contributed by atoms with Gasteiger partial charge in [-0.1, -0.05) is 23.7 Å². The minimum Gasteiger partial charge on any atom is -0.489 e. The predicted octanol–water partition coefficient (Wildman–Crippen LogP) is 5.02. The summed E-state index contributed by atoms with van der Waals surface area (Å²) in [5.41, 5.74) is 4.75. The van der Waals surface area contributed by atoms with E-state index in [0.29, 0.717) is 23.7 Å². The minimum atomic E-state index is -0.0265. The van der Waals surface area contributed by atoms with E-state index in [9.17, 15) is 4.79 Å². The number of amides is 1. The first-order valence-electron chi connectivity index (χ1n) is 9.64. The summed E-state index contributed by atoms with van der Waals surface area (Å²) in [4.78, 5) is 14.7. The van der Waals surface area contributed by atoms with Crippen LogP contribution in [-0.2, 0) is 19.7 Å². The fourth-order valence-electron chi connectivity index (χ4n) is 3.29. The van der Waals surface area contributed by atoms with Crippen molar-refractivity contribution in [3.63, 3.8) is 0 Å². The molecule has 0 aliphatic carbocycles. The van der Waals surface area contributed by atoms with Gasteiger partial charge in [-0.15, -0.1) is 0 Å². The van der Waals surface area contributed by atoms with E-state index in [-0.39, 0.29) is 5.91 Å². The number of carbonyl (C=O) groups excluding carboxylic acids is 1. The molecule has 0 spiro atoms. The number of carbonyl (C=O) groups is 1. The second-order valence-corrected chi connectivity index (χ2v) is 7.51. The smallest absolute Gasteiger partial charge is 0.253 e. The third-order valence-electron chi connectivity index (χ3n) is 4.97. The van der Waals surface area contributed by atoms with E-state index in [1.165, 1.54) is 0 Å². The molecule has 1 aromatic heterocycles. The second kappa shape index (κ2) is 9.14. The molecule has 0 aliphatic rings. The Bertz CT molecular complexity index is 996. The summed E-state index contributed by atoms with van der Waals surface area (Å²) in [5, 5.41) is 5.21. The average Bonchev–Trinajstić information content (AvgIpc) is 3.00. The zero-order valence-corrected chi connectivity index (χ0v) is 18.0. The van der Waals surface area contributed by atoms with Crippen LogP contribution >= 0.6 is 11.6 Å². The summed E-state index contributed by atoms with van der Waals surface area (Å²) in [7, 11) is 1.82. The van der Waals surface area contributed by atoms with Crippen molar-refractivity contribution in [2.75, 3.05) is 7.05 Å². The van der Waals surface area contributed by atoms with Crippen LogP contribution in [0.5, 0.6) is 5.75 Å². The lowest BCUT2D eigenvalue weighted by Crippen LogP contribution is -2.26. The first-order valence-corrected chi connectivity index (χ1v) is 10.0.